The van der Waals surface area contributed by atoms with E-state index < -0.39 is 35.0 Å². The van der Waals surface area contributed by atoms with Crippen molar-refractivity contribution in [3.63, 3.8) is 0 Å². The molecular weight excluding hydrogens is 474 g/mol. The van der Waals surface area contributed by atoms with Crippen LogP contribution in [0.5, 0.6) is 0 Å². The van der Waals surface area contributed by atoms with E-state index in [1.54, 1.807) is 26.0 Å². The number of ether oxygens (including phenoxy) is 2. The van der Waals surface area contributed by atoms with E-state index >= 15 is 0 Å². The van der Waals surface area contributed by atoms with Gasteiger partial charge < -0.3 is 19.2 Å². The molecule has 8 nitrogen and oxygen atoms in total. The molecule has 3 atom stereocenters. The first-order valence-electron chi connectivity index (χ1n) is 11.4. The number of Topliss-reactive ketones (excluding diaryl/α,β-unsaturated/α-hetero) is 1. The fourth-order valence-electron chi connectivity index (χ4n) is 4.85. The molecule has 1 aliphatic carbocycles. The van der Waals surface area contributed by atoms with E-state index in [2.05, 4.69) is 5.32 Å². The number of fused-ring (bicyclic) bond motifs is 1. The summed E-state index contributed by atoms with van der Waals surface area (Å²) < 4.78 is 16.0. The highest BCUT2D eigenvalue weighted by molar-refractivity contribution is 6.31. The molecule has 2 heterocycles. The molecule has 0 saturated carbocycles. The molecule has 35 heavy (non-hydrogen) atoms. The van der Waals surface area contributed by atoms with Crippen molar-refractivity contribution in [2.75, 3.05) is 13.7 Å². The van der Waals surface area contributed by atoms with Crippen LogP contribution in [0.1, 0.15) is 45.1 Å². The number of allylic oxidation sites excluding steroid dienone is 3. The summed E-state index contributed by atoms with van der Waals surface area (Å²) in [5.74, 6) is -4.29. The molecule has 4 rings (SSSR count). The number of hydrogen-bond acceptors (Lipinski definition) is 8. The lowest BCUT2D eigenvalue weighted by Crippen LogP contribution is -2.44. The van der Waals surface area contributed by atoms with Gasteiger partial charge in [0.1, 0.15) is 11.5 Å². The fourth-order valence-corrected chi connectivity index (χ4v) is 5.02. The van der Waals surface area contributed by atoms with Gasteiger partial charge in [0, 0.05) is 27.6 Å². The SMILES string of the molecule is CCCOC(=O)C1=C(C)NC2=C(C(=O)[C@H](C(=O)OC)[C@@H](C)C2)[C@H]1c1coc2ccc(Cl)cc2c1=O. The van der Waals surface area contributed by atoms with Crippen molar-refractivity contribution in [3.05, 3.63) is 67.8 Å². The Morgan fingerprint density at radius 2 is 2.00 bits per heavy atom. The molecule has 1 N–H and O–H groups in total. The van der Waals surface area contributed by atoms with Gasteiger partial charge in [0.25, 0.3) is 0 Å². The number of benzene rings is 1. The molecular formula is C26H26ClNO7. The molecule has 0 unspecified atom stereocenters. The smallest absolute Gasteiger partial charge is 0.336 e. The molecule has 2 aromatic rings. The number of halogens is 1. The summed E-state index contributed by atoms with van der Waals surface area (Å²) in [5.41, 5.74) is 1.29. The molecule has 0 amide bonds. The van der Waals surface area contributed by atoms with Crippen molar-refractivity contribution >= 4 is 40.3 Å². The zero-order chi connectivity index (χ0) is 25.4. The zero-order valence-electron chi connectivity index (χ0n) is 19.9. The molecule has 0 saturated heterocycles. The lowest BCUT2D eigenvalue weighted by atomic mass is 9.69. The Labute approximate surface area is 206 Å². The highest BCUT2D eigenvalue weighted by atomic mass is 35.5. The first-order valence-corrected chi connectivity index (χ1v) is 11.8. The predicted octanol–water partition coefficient (Wildman–Crippen LogP) is 4.01. The van der Waals surface area contributed by atoms with Crippen LogP contribution in [0.4, 0.5) is 0 Å². The number of nitrogens with one attached hydrogen (secondary N) is 1. The number of methoxy groups -OCH3 is 1. The van der Waals surface area contributed by atoms with Crippen LogP contribution in [0, 0.1) is 11.8 Å². The summed E-state index contributed by atoms with van der Waals surface area (Å²) in [4.78, 5) is 53.1. The minimum Gasteiger partial charge on any atom is -0.468 e. The van der Waals surface area contributed by atoms with E-state index in [0.717, 1.165) is 0 Å². The number of carbonyl (C=O) groups is 3. The number of carbonyl (C=O) groups excluding carboxylic acids is 3. The van der Waals surface area contributed by atoms with Crippen molar-refractivity contribution in [1.29, 1.82) is 0 Å². The van der Waals surface area contributed by atoms with Crippen LogP contribution in [0.2, 0.25) is 5.02 Å². The van der Waals surface area contributed by atoms with Gasteiger partial charge in [-0.1, -0.05) is 25.4 Å². The minimum absolute atomic E-state index is 0.0862. The summed E-state index contributed by atoms with van der Waals surface area (Å²) >= 11 is 6.12. The van der Waals surface area contributed by atoms with Crippen LogP contribution >= 0.6 is 11.6 Å². The van der Waals surface area contributed by atoms with E-state index in [1.807, 2.05) is 6.92 Å². The molecule has 9 heteroatoms. The maximum Gasteiger partial charge on any atom is 0.336 e. The molecule has 0 radical (unpaired) electrons. The van der Waals surface area contributed by atoms with Crippen molar-refractivity contribution in [3.8, 4) is 0 Å². The summed E-state index contributed by atoms with van der Waals surface area (Å²) in [6, 6.07) is 4.66. The quantitative estimate of drug-likeness (QED) is 0.485. The standard InChI is InChI=1S/C26H26ClNO7/c1-5-8-34-26(32)20-13(3)28-17-9-12(2)19(25(31)33-4)24(30)22(17)21(20)16-11-35-18-7-6-14(27)10-15(18)23(16)29/h6-7,10-12,19,21,28H,5,8-9H2,1-4H3/t12-,19+,21-/m0/s1. The Morgan fingerprint density at radius 3 is 2.69 bits per heavy atom. The van der Waals surface area contributed by atoms with Crippen molar-refractivity contribution < 1.29 is 28.3 Å². The molecule has 0 fully saturated rings. The predicted molar refractivity (Wildman–Crippen MR) is 129 cm³/mol. The lowest BCUT2D eigenvalue weighted by Gasteiger charge is -2.37. The average molecular weight is 500 g/mol. The Balaban J connectivity index is 1.97. The van der Waals surface area contributed by atoms with Gasteiger partial charge in [-0.2, -0.15) is 0 Å². The largest absolute Gasteiger partial charge is 0.468 e. The van der Waals surface area contributed by atoms with Crippen LogP contribution in [0.25, 0.3) is 11.0 Å². The van der Waals surface area contributed by atoms with Crippen molar-refractivity contribution in [2.45, 2.75) is 39.5 Å². The van der Waals surface area contributed by atoms with E-state index in [9.17, 15) is 19.2 Å². The Hall–Kier alpha value is -3.39. The molecule has 184 valence electrons. The van der Waals surface area contributed by atoms with Crippen LogP contribution in [0.15, 0.2) is 56.2 Å². The maximum atomic E-state index is 13.7. The molecule has 2 aliphatic rings. The topological polar surface area (TPSA) is 112 Å². The second-order valence-corrected chi connectivity index (χ2v) is 9.27. The highest BCUT2D eigenvalue weighted by Crippen LogP contribution is 2.45. The van der Waals surface area contributed by atoms with Gasteiger partial charge in [0.15, 0.2) is 11.2 Å². The van der Waals surface area contributed by atoms with Crippen LogP contribution in [0.3, 0.4) is 0 Å². The molecule has 0 spiro atoms. The van der Waals surface area contributed by atoms with Gasteiger partial charge >= 0.3 is 11.9 Å². The number of dihydropyridines is 1. The monoisotopic (exact) mass is 499 g/mol. The van der Waals surface area contributed by atoms with E-state index in [1.165, 1.54) is 19.4 Å². The summed E-state index contributed by atoms with van der Waals surface area (Å²) in [7, 11) is 1.22. The Kier molecular flexibility index (Phi) is 6.85. The summed E-state index contributed by atoms with van der Waals surface area (Å²) in [6.45, 7) is 5.52. The summed E-state index contributed by atoms with van der Waals surface area (Å²) in [6.07, 6.45) is 2.22. The number of ketones is 1. The van der Waals surface area contributed by atoms with Crippen LogP contribution in [-0.2, 0) is 23.9 Å². The lowest BCUT2D eigenvalue weighted by molar-refractivity contribution is -0.151. The minimum atomic E-state index is -1.08. The molecule has 0 bridgehead atoms. The summed E-state index contributed by atoms with van der Waals surface area (Å²) in [5, 5.41) is 3.72. The third-order valence-electron chi connectivity index (χ3n) is 6.47. The van der Waals surface area contributed by atoms with Gasteiger partial charge in [-0.25, -0.2) is 4.79 Å². The average Bonchev–Trinajstić information content (AvgIpc) is 2.82. The van der Waals surface area contributed by atoms with E-state index in [4.69, 9.17) is 25.5 Å². The molecule has 1 aromatic heterocycles. The number of hydrogen-bond donors (Lipinski definition) is 1. The van der Waals surface area contributed by atoms with Crippen molar-refractivity contribution in [2.24, 2.45) is 11.8 Å². The second-order valence-electron chi connectivity index (χ2n) is 8.83. The normalized spacial score (nSPS) is 22.1. The second kappa shape index (κ2) is 9.70. The van der Waals surface area contributed by atoms with Gasteiger partial charge in [0.05, 0.1) is 36.9 Å². The van der Waals surface area contributed by atoms with Crippen LogP contribution < -0.4 is 10.7 Å². The van der Waals surface area contributed by atoms with Gasteiger partial charge in [-0.15, -0.1) is 0 Å². The third-order valence-corrected chi connectivity index (χ3v) is 6.71. The van der Waals surface area contributed by atoms with Gasteiger partial charge in [-0.05, 0) is 43.9 Å². The third kappa shape index (κ3) is 4.27. The molecule has 1 aromatic carbocycles. The first-order chi connectivity index (χ1) is 16.7. The van der Waals surface area contributed by atoms with Gasteiger partial charge in [0.2, 0.25) is 0 Å². The van der Waals surface area contributed by atoms with E-state index in [-0.39, 0.29) is 34.6 Å². The Morgan fingerprint density at radius 1 is 1.26 bits per heavy atom. The van der Waals surface area contributed by atoms with Crippen molar-refractivity contribution in [1.82, 2.24) is 5.32 Å². The Bertz CT molecular complexity index is 1350. The van der Waals surface area contributed by atoms with Gasteiger partial charge in [-0.3, -0.25) is 14.4 Å². The highest BCUT2D eigenvalue weighted by Gasteiger charge is 2.48. The maximum absolute atomic E-state index is 13.7. The van der Waals surface area contributed by atoms with E-state index in [0.29, 0.717) is 34.8 Å². The zero-order valence-corrected chi connectivity index (χ0v) is 20.7. The number of esters is 2. The number of rotatable bonds is 5. The molecule has 1 aliphatic heterocycles. The van der Waals surface area contributed by atoms with Crippen LogP contribution in [-0.4, -0.2) is 31.4 Å². The first kappa shape index (κ1) is 24.7. The fraction of sp³-hybridized carbons (Fsp3) is 0.385.